The molecule has 0 radical (unpaired) electrons. The molecule has 0 atom stereocenters. The van der Waals surface area contributed by atoms with Crippen molar-refractivity contribution in [2.45, 2.75) is 27.7 Å². The van der Waals surface area contributed by atoms with Crippen LogP contribution in [0.2, 0.25) is 0 Å². The van der Waals surface area contributed by atoms with Gasteiger partial charge in [-0.2, -0.15) is 10.2 Å². The second-order valence-corrected chi connectivity index (χ2v) is 5.49. The number of hydrogen-bond acceptors (Lipinski definition) is 5. The summed E-state index contributed by atoms with van der Waals surface area (Å²) in [5.74, 6) is 0.270. The van der Waals surface area contributed by atoms with E-state index in [0.29, 0.717) is 28.5 Å². The molecule has 23 heavy (non-hydrogen) atoms. The van der Waals surface area contributed by atoms with Gasteiger partial charge in [0.25, 0.3) is 5.91 Å². The lowest BCUT2D eigenvalue weighted by atomic mass is 10.1. The molecule has 0 spiro atoms. The number of nitrogens with zero attached hydrogens (tertiary/aromatic N) is 4. The molecule has 2 N–H and O–H groups in total. The van der Waals surface area contributed by atoms with E-state index in [-0.39, 0.29) is 5.91 Å². The van der Waals surface area contributed by atoms with Gasteiger partial charge in [-0.1, -0.05) is 5.16 Å². The summed E-state index contributed by atoms with van der Waals surface area (Å²) in [4.78, 5) is 12.4. The van der Waals surface area contributed by atoms with Gasteiger partial charge in [-0.3, -0.25) is 14.6 Å². The quantitative estimate of drug-likeness (QED) is 0.772. The Labute approximate surface area is 132 Å². The first-order chi connectivity index (χ1) is 10.9. The van der Waals surface area contributed by atoms with E-state index >= 15 is 0 Å². The molecule has 120 valence electrons. The first kappa shape index (κ1) is 15.0. The molecule has 3 aromatic rings. The highest BCUT2D eigenvalue weighted by Gasteiger charge is 2.19. The minimum Gasteiger partial charge on any atom is -0.359 e. The van der Waals surface area contributed by atoms with Crippen molar-refractivity contribution in [1.29, 1.82) is 0 Å². The maximum Gasteiger partial charge on any atom is 0.273 e. The Kier molecular flexibility index (Phi) is 3.51. The fourth-order valence-corrected chi connectivity index (χ4v) is 2.55. The van der Waals surface area contributed by atoms with E-state index in [1.54, 1.807) is 24.6 Å². The van der Waals surface area contributed by atoms with Crippen LogP contribution in [0.5, 0.6) is 0 Å². The van der Waals surface area contributed by atoms with E-state index in [0.717, 1.165) is 17.0 Å². The summed E-state index contributed by atoms with van der Waals surface area (Å²) >= 11 is 0. The second kappa shape index (κ2) is 5.38. The summed E-state index contributed by atoms with van der Waals surface area (Å²) in [6.07, 6.45) is 0. The number of rotatable bonds is 3. The SMILES string of the molecule is Cc1noc(C)c1NC(=O)c1cc(-c2c(C)nn(C)c2C)n[nH]1. The Morgan fingerprint density at radius 2 is 2.00 bits per heavy atom. The molecule has 0 bridgehead atoms. The maximum absolute atomic E-state index is 12.4. The molecule has 0 saturated heterocycles. The number of nitrogens with one attached hydrogen (secondary N) is 2. The molecule has 8 nitrogen and oxygen atoms in total. The van der Waals surface area contributed by atoms with Crippen LogP contribution in [-0.4, -0.2) is 31.0 Å². The van der Waals surface area contributed by atoms with E-state index in [1.165, 1.54) is 0 Å². The molecule has 0 unspecified atom stereocenters. The summed E-state index contributed by atoms with van der Waals surface area (Å²) in [5.41, 5.74) is 5.06. The molecular weight excluding hydrogens is 296 g/mol. The molecule has 0 fully saturated rings. The molecule has 3 aromatic heterocycles. The topological polar surface area (TPSA) is 102 Å². The van der Waals surface area contributed by atoms with Gasteiger partial charge in [0, 0.05) is 18.3 Å². The average Bonchev–Trinajstić information content (AvgIpc) is 3.15. The third-order valence-electron chi connectivity index (χ3n) is 3.86. The third kappa shape index (κ3) is 2.52. The molecule has 0 aliphatic heterocycles. The first-order valence-corrected chi connectivity index (χ1v) is 7.18. The predicted molar refractivity (Wildman–Crippen MR) is 84.2 cm³/mol. The number of aromatic nitrogens is 5. The lowest BCUT2D eigenvalue weighted by molar-refractivity contribution is 0.102. The van der Waals surface area contributed by atoms with Gasteiger partial charge < -0.3 is 9.84 Å². The predicted octanol–water partition coefficient (Wildman–Crippen LogP) is 2.28. The zero-order chi connectivity index (χ0) is 16.7. The number of carbonyl (C=O) groups is 1. The van der Waals surface area contributed by atoms with Gasteiger partial charge in [0.15, 0.2) is 5.76 Å². The summed E-state index contributed by atoms with van der Waals surface area (Å²) in [5, 5.41) is 18.0. The number of H-pyrrole nitrogens is 1. The fraction of sp³-hybridized carbons (Fsp3) is 0.333. The van der Waals surface area contributed by atoms with Crippen molar-refractivity contribution < 1.29 is 9.32 Å². The van der Waals surface area contributed by atoms with Crippen LogP contribution in [0, 0.1) is 27.7 Å². The minimum atomic E-state index is -0.294. The molecule has 0 saturated carbocycles. The van der Waals surface area contributed by atoms with E-state index in [4.69, 9.17) is 4.52 Å². The van der Waals surface area contributed by atoms with Crippen molar-refractivity contribution in [2.75, 3.05) is 5.32 Å². The van der Waals surface area contributed by atoms with E-state index in [9.17, 15) is 4.79 Å². The second-order valence-electron chi connectivity index (χ2n) is 5.49. The molecule has 0 aromatic carbocycles. The van der Waals surface area contributed by atoms with Crippen molar-refractivity contribution in [2.24, 2.45) is 7.05 Å². The number of hydrogen-bond donors (Lipinski definition) is 2. The number of anilines is 1. The van der Waals surface area contributed by atoms with Crippen molar-refractivity contribution >= 4 is 11.6 Å². The highest BCUT2D eigenvalue weighted by atomic mass is 16.5. The zero-order valence-corrected chi connectivity index (χ0v) is 13.7. The van der Waals surface area contributed by atoms with Crippen molar-refractivity contribution in [1.82, 2.24) is 25.1 Å². The van der Waals surface area contributed by atoms with Crippen LogP contribution in [0.1, 0.15) is 33.3 Å². The van der Waals surface area contributed by atoms with Gasteiger partial charge in [0.1, 0.15) is 17.1 Å². The monoisotopic (exact) mass is 314 g/mol. The number of aromatic amines is 1. The fourth-order valence-electron chi connectivity index (χ4n) is 2.55. The van der Waals surface area contributed by atoms with Crippen LogP contribution >= 0.6 is 0 Å². The third-order valence-corrected chi connectivity index (χ3v) is 3.86. The van der Waals surface area contributed by atoms with Crippen LogP contribution in [-0.2, 0) is 7.05 Å². The van der Waals surface area contributed by atoms with Crippen LogP contribution < -0.4 is 5.32 Å². The Hall–Kier alpha value is -2.90. The highest BCUT2D eigenvalue weighted by Crippen LogP contribution is 2.26. The maximum atomic E-state index is 12.4. The molecule has 8 heteroatoms. The molecule has 0 aliphatic rings. The molecule has 3 heterocycles. The normalized spacial score (nSPS) is 11.0. The van der Waals surface area contributed by atoms with Crippen molar-refractivity contribution in [3.8, 4) is 11.3 Å². The standard InChI is InChI=1S/C15H18N6O2/c1-7-13(9(3)21(5)19-7)11-6-12(18-17-11)15(22)16-14-8(2)20-23-10(14)4/h6H,1-5H3,(H,16,22)(H,17,18). The Balaban J connectivity index is 1.89. The van der Waals surface area contributed by atoms with Gasteiger partial charge >= 0.3 is 0 Å². The molecule has 3 rings (SSSR count). The van der Waals surface area contributed by atoms with Gasteiger partial charge in [-0.25, -0.2) is 0 Å². The van der Waals surface area contributed by atoms with Gasteiger partial charge in [-0.05, 0) is 33.8 Å². The number of aryl methyl sites for hydroxylation is 4. The minimum absolute atomic E-state index is 0.294. The summed E-state index contributed by atoms with van der Waals surface area (Å²) in [6, 6.07) is 1.71. The Morgan fingerprint density at radius 3 is 2.57 bits per heavy atom. The summed E-state index contributed by atoms with van der Waals surface area (Å²) in [6.45, 7) is 7.40. The van der Waals surface area contributed by atoms with Crippen LogP contribution in [0.4, 0.5) is 5.69 Å². The van der Waals surface area contributed by atoms with Gasteiger partial charge in [0.2, 0.25) is 0 Å². The lowest BCUT2D eigenvalue weighted by Crippen LogP contribution is -2.13. The van der Waals surface area contributed by atoms with E-state index in [1.807, 2.05) is 20.9 Å². The molecule has 0 aliphatic carbocycles. The zero-order valence-electron chi connectivity index (χ0n) is 13.7. The molecular formula is C15H18N6O2. The lowest BCUT2D eigenvalue weighted by Gasteiger charge is -2.01. The highest BCUT2D eigenvalue weighted by molar-refractivity contribution is 6.04. The number of amides is 1. The number of carbonyl (C=O) groups excluding carboxylic acids is 1. The molecule has 1 amide bonds. The van der Waals surface area contributed by atoms with Crippen LogP contribution in [0.15, 0.2) is 10.6 Å². The Bertz CT molecular complexity index is 867. The summed E-state index contributed by atoms with van der Waals surface area (Å²) in [7, 11) is 1.88. The summed E-state index contributed by atoms with van der Waals surface area (Å²) < 4.78 is 6.83. The van der Waals surface area contributed by atoms with E-state index < -0.39 is 0 Å². The Morgan fingerprint density at radius 1 is 1.26 bits per heavy atom. The van der Waals surface area contributed by atoms with Gasteiger partial charge in [0.05, 0.1) is 11.4 Å². The smallest absolute Gasteiger partial charge is 0.273 e. The van der Waals surface area contributed by atoms with Crippen LogP contribution in [0.25, 0.3) is 11.3 Å². The van der Waals surface area contributed by atoms with Gasteiger partial charge in [-0.15, -0.1) is 0 Å². The van der Waals surface area contributed by atoms with Crippen molar-refractivity contribution in [3.05, 3.63) is 34.6 Å². The average molecular weight is 314 g/mol. The first-order valence-electron chi connectivity index (χ1n) is 7.18. The van der Waals surface area contributed by atoms with E-state index in [2.05, 4.69) is 25.8 Å². The van der Waals surface area contributed by atoms with Crippen molar-refractivity contribution in [3.63, 3.8) is 0 Å². The van der Waals surface area contributed by atoms with Crippen LogP contribution in [0.3, 0.4) is 0 Å². The largest absolute Gasteiger partial charge is 0.359 e.